The average Bonchev–Trinajstić information content (AvgIpc) is 2.82. The molecule has 1 aromatic heterocycles. The summed E-state index contributed by atoms with van der Waals surface area (Å²) in [7, 11) is 0. The summed E-state index contributed by atoms with van der Waals surface area (Å²) < 4.78 is 19.1. The van der Waals surface area contributed by atoms with E-state index in [9.17, 15) is 9.18 Å². The lowest BCUT2D eigenvalue weighted by Crippen LogP contribution is -2.65. The van der Waals surface area contributed by atoms with Crippen molar-refractivity contribution >= 4 is 22.9 Å². The third-order valence-electron chi connectivity index (χ3n) is 7.92. The van der Waals surface area contributed by atoms with Crippen molar-refractivity contribution in [1.29, 1.82) is 0 Å². The van der Waals surface area contributed by atoms with Crippen molar-refractivity contribution in [2.45, 2.75) is 51.4 Å². The van der Waals surface area contributed by atoms with Crippen molar-refractivity contribution < 1.29 is 13.9 Å². The van der Waals surface area contributed by atoms with Crippen molar-refractivity contribution in [3.05, 3.63) is 66.1 Å². The van der Waals surface area contributed by atoms with Crippen LogP contribution in [0.25, 0.3) is 10.9 Å². The molecule has 2 atom stereocenters. The Labute approximate surface area is 210 Å². The Balaban J connectivity index is 0.996. The van der Waals surface area contributed by atoms with Gasteiger partial charge in [-0.1, -0.05) is 30.3 Å². The van der Waals surface area contributed by atoms with Gasteiger partial charge in [-0.25, -0.2) is 19.2 Å². The lowest BCUT2D eigenvalue weighted by atomic mass is 9.61. The van der Waals surface area contributed by atoms with Gasteiger partial charge in [-0.05, 0) is 50.5 Å². The number of hydrogen-bond acceptors (Lipinski definition) is 6. The summed E-state index contributed by atoms with van der Waals surface area (Å²) in [4.78, 5) is 28.8. The summed E-state index contributed by atoms with van der Waals surface area (Å²) in [5.41, 5.74) is 2.33. The van der Waals surface area contributed by atoms with E-state index in [1.807, 2.05) is 47.5 Å². The number of rotatable bonds is 4. The molecule has 6 rings (SSSR count). The van der Waals surface area contributed by atoms with E-state index in [-0.39, 0.29) is 35.5 Å². The molecule has 0 bridgehead atoms. The summed E-state index contributed by atoms with van der Waals surface area (Å²) in [6, 6.07) is 14.7. The zero-order valence-corrected chi connectivity index (χ0v) is 20.8. The molecule has 8 heteroatoms. The zero-order valence-electron chi connectivity index (χ0n) is 20.8. The van der Waals surface area contributed by atoms with Crippen LogP contribution in [-0.2, 0) is 11.3 Å². The van der Waals surface area contributed by atoms with Gasteiger partial charge in [-0.15, -0.1) is 0 Å². The molecule has 3 heterocycles. The smallest absolute Gasteiger partial charge is 0.410 e. The molecule has 3 fully saturated rings. The second-order valence-corrected chi connectivity index (χ2v) is 10.9. The molecule has 1 amide bonds. The van der Waals surface area contributed by atoms with Crippen LogP contribution in [0.4, 0.5) is 15.1 Å². The Hall–Kier alpha value is -3.26. The highest BCUT2D eigenvalue weighted by Gasteiger charge is 2.54. The molecule has 2 aliphatic heterocycles. The number of amides is 1. The molecule has 7 nitrogen and oxygen atoms in total. The van der Waals surface area contributed by atoms with Crippen LogP contribution >= 0.6 is 0 Å². The van der Waals surface area contributed by atoms with Gasteiger partial charge in [0.25, 0.3) is 0 Å². The fraction of sp³-hybridized carbons (Fsp3) is 0.464. The Morgan fingerprint density at radius 1 is 1.06 bits per heavy atom. The van der Waals surface area contributed by atoms with Gasteiger partial charge in [0, 0.05) is 49.7 Å². The highest BCUT2D eigenvalue weighted by Crippen LogP contribution is 2.50. The lowest BCUT2D eigenvalue weighted by Gasteiger charge is -2.58. The maximum atomic E-state index is 13.1. The van der Waals surface area contributed by atoms with Crippen LogP contribution in [0.2, 0.25) is 0 Å². The van der Waals surface area contributed by atoms with Crippen molar-refractivity contribution in [2.75, 3.05) is 31.1 Å². The molecule has 2 aromatic carbocycles. The summed E-state index contributed by atoms with van der Waals surface area (Å²) >= 11 is 0. The number of ether oxygens (including phenoxy) is 1. The number of carbonyl (C=O) groups excluding carboxylic acids is 1. The van der Waals surface area contributed by atoms with Gasteiger partial charge < -0.3 is 9.64 Å². The van der Waals surface area contributed by atoms with E-state index < -0.39 is 0 Å². The number of nitrogens with zero attached hydrogens (tertiary/aromatic N) is 5. The standard InChI is InChI=1S/C28H32FN5O2/c1-19-14-33(26-30-13-22-5-3-4-6-25(22)31-26)15-20(2)34(19)27(35)36-24-11-28(12-24)17-32(18-28)16-21-7-9-23(29)10-8-21/h3-10,13,19-20,24H,11-12,14-18H2,1-2H3/t19-,20+. The SMILES string of the molecule is C[C@@H]1CN(c2ncc3ccccc3n2)C[C@H](C)N1C(=O)OC1CC2(C1)CN(Cc1ccc(F)cc1)C2. The third kappa shape index (κ3) is 4.39. The fourth-order valence-electron chi connectivity index (χ4n) is 6.27. The number of halogens is 1. The van der Waals surface area contributed by atoms with Crippen LogP contribution in [0, 0.1) is 11.2 Å². The molecule has 2 saturated heterocycles. The van der Waals surface area contributed by atoms with Gasteiger partial charge in [0.2, 0.25) is 5.95 Å². The van der Waals surface area contributed by atoms with E-state index in [0.29, 0.717) is 19.0 Å². The minimum atomic E-state index is -0.212. The van der Waals surface area contributed by atoms with Crippen LogP contribution in [0.1, 0.15) is 32.3 Å². The lowest BCUT2D eigenvalue weighted by molar-refractivity contribution is -0.137. The summed E-state index contributed by atoms with van der Waals surface area (Å²) in [6.45, 7) is 8.33. The van der Waals surface area contributed by atoms with Crippen LogP contribution in [-0.4, -0.2) is 70.2 Å². The molecule has 0 radical (unpaired) electrons. The number of fused-ring (bicyclic) bond motifs is 1. The first-order valence-corrected chi connectivity index (χ1v) is 12.8. The number of likely N-dealkylation sites (tertiary alicyclic amines) is 1. The van der Waals surface area contributed by atoms with Gasteiger partial charge >= 0.3 is 6.09 Å². The summed E-state index contributed by atoms with van der Waals surface area (Å²) in [5, 5.41) is 1.02. The first-order valence-electron chi connectivity index (χ1n) is 12.8. The van der Waals surface area contributed by atoms with Gasteiger partial charge in [0.15, 0.2) is 0 Å². The van der Waals surface area contributed by atoms with E-state index >= 15 is 0 Å². The van der Waals surface area contributed by atoms with Gasteiger partial charge in [0.1, 0.15) is 11.9 Å². The number of aromatic nitrogens is 2. The van der Waals surface area contributed by atoms with Crippen LogP contribution in [0.5, 0.6) is 0 Å². The molecule has 0 unspecified atom stereocenters. The van der Waals surface area contributed by atoms with Crippen LogP contribution in [0.15, 0.2) is 54.7 Å². The predicted molar refractivity (Wildman–Crippen MR) is 136 cm³/mol. The summed E-state index contributed by atoms with van der Waals surface area (Å²) in [5.74, 6) is 0.506. The molecule has 0 N–H and O–H groups in total. The number of benzene rings is 2. The Kier molecular flexibility index (Phi) is 5.79. The highest BCUT2D eigenvalue weighted by atomic mass is 19.1. The normalized spacial score (nSPS) is 24.0. The number of piperazine rings is 1. The summed E-state index contributed by atoms with van der Waals surface area (Å²) in [6.07, 6.45) is 3.49. The van der Waals surface area contributed by atoms with Crippen LogP contribution in [0.3, 0.4) is 0 Å². The number of hydrogen-bond donors (Lipinski definition) is 0. The third-order valence-corrected chi connectivity index (χ3v) is 7.92. The molecular weight excluding hydrogens is 457 g/mol. The van der Waals surface area contributed by atoms with Crippen molar-refractivity contribution in [1.82, 2.24) is 19.8 Å². The molecule has 36 heavy (non-hydrogen) atoms. The first kappa shape index (κ1) is 23.2. The van der Waals surface area contributed by atoms with E-state index in [4.69, 9.17) is 9.72 Å². The van der Waals surface area contributed by atoms with E-state index in [1.165, 1.54) is 12.1 Å². The molecular formula is C28H32FN5O2. The monoisotopic (exact) mass is 489 g/mol. The molecule has 3 aliphatic rings. The molecule has 1 saturated carbocycles. The number of carbonyl (C=O) groups is 1. The first-order chi connectivity index (χ1) is 17.4. The van der Waals surface area contributed by atoms with Crippen LogP contribution < -0.4 is 4.90 Å². The minimum absolute atomic E-state index is 0.000241. The molecule has 1 spiro atoms. The Bertz CT molecular complexity index is 1240. The molecule has 3 aromatic rings. The second-order valence-electron chi connectivity index (χ2n) is 10.9. The zero-order chi connectivity index (χ0) is 24.9. The average molecular weight is 490 g/mol. The maximum Gasteiger partial charge on any atom is 0.410 e. The van der Waals surface area contributed by atoms with Crippen molar-refractivity contribution in [3.63, 3.8) is 0 Å². The minimum Gasteiger partial charge on any atom is -0.446 e. The van der Waals surface area contributed by atoms with Crippen molar-refractivity contribution in [3.8, 4) is 0 Å². The molecule has 1 aliphatic carbocycles. The van der Waals surface area contributed by atoms with Gasteiger partial charge in [0.05, 0.1) is 17.6 Å². The fourth-order valence-corrected chi connectivity index (χ4v) is 6.27. The Morgan fingerprint density at radius 2 is 1.75 bits per heavy atom. The van der Waals surface area contributed by atoms with E-state index in [1.54, 1.807) is 0 Å². The van der Waals surface area contributed by atoms with E-state index in [0.717, 1.165) is 48.9 Å². The number of para-hydroxylation sites is 1. The topological polar surface area (TPSA) is 61.8 Å². The molecule has 188 valence electrons. The largest absolute Gasteiger partial charge is 0.446 e. The quantitative estimate of drug-likeness (QED) is 0.539. The predicted octanol–water partition coefficient (Wildman–Crippen LogP) is 4.47. The van der Waals surface area contributed by atoms with Crippen molar-refractivity contribution in [2.24, 2.45) is 5.41 Å². The van der Waals surface area contributed by atoms with Gasteiger partial charge in [-0.3, -0.25) is 9.80 Å². The second kappa shape index (κ2) is 9.00. The number of anilines is 1. The highest BCUT2D eigenvalue weighted by molar-refractivity contribution is 5.78. The van der Waals surface area contributed by atoms with Gasteiger partial charge in [-0.2, -0.15) is 0 Å². The van der Waals surface area contributed by atoms with E-state index in [2.05, 4.69) is 28.6 Å². The Morgan fingerprint density at radius 3 is 2.47 bits per heavy atom. The maximum absolute atomic E-state index is 13.1.